The minimum Gasteiger partial charge on any atom is -0.507 e. The van der Waals surface area contributed by atoms with Crippen LogP contribution in [0, 0.1) is 0 Å². The lowest BCUT2D eigenvalue weighted by Crippen LogP contribution is -2.60. The number of rotatable bonds is 5. The first-order valence-electron chi connectivity index (χ1n) is 12.7. The van der Waals surface area contributed by atoms with E-state index in [0.717, 1.165) is 12.1 Å². The highest BCUT2D eigenvalue weighted by atomic mass is 16.7. The van der Waals surface area contributed by atoms with Crippen molar-refractivity contribution in [2.24, 2.45) is 0 Å². The zero-order chi connectivity index (χ0) is 30.1. The molecule has 5 N–H and O–H groups in total. The summed E-state index contributed by atoms with van der Waals surface area (Å²) in [4.78, 5) is 40.7. The largest absolute Gasteiger partial charge is 0.507 e. The third kappa shape index (κ3) is 4.15. The number of hydrogen-bond donors (Lipinski definition) is 5. The molecule has 2 aromatic rings. The Morgan fingerprint density at radius 2 is 1.54 bits per heavy atom. The molecule has 1 aliphatic heterocycles. The molecule has 1 heterocycles. The van der Waals surface area contributed by atoms with Crippen molar-refractivity contribution in [1.82, 2.24) is 0 Å². The summed E-state index contributed by atoms with van der Waals surface area (Å²) < 4.78 is 27.7. The van der Waals surface area contributed by atoms with E-state index < -0.39 is 82.9 Å². The topological polar surface area (TPSA) is 199 Å². The van der Waals surface area contributed by atoms with Gasteiger partial charge in [0.05, 0.1) is 24.3 Å². The summed E-state index contributed by atoms with van der Waals surface area (Å²) in [5, 5.41) is 54.2. The van der Waals surface area contributed by atoms with E-state index in [9.17, 15) is 39.9 Å². The highest BCUT2D eigenvalue weighted by Gasteiger charge is 2.56. The van der Waals surface area contributed by atoms with Crippen LogP contribution in [0.4, 0.5) is 0 Å². The van der Waals surface area contributed by atoms with Gasteiger partial charge in [-0.2, -0.15) is 0 Å². The molecule has 0 saturated carbocycles. The van der Waals surface area contributed by atoms with Crippen LogP contribution < -0.4 is 4.74 Å². The number of aromatic hydroxyl groups is 2. The molecule has 5 rings (SSSR count). The van der Waals surface area contributed by atoms with Gasteiger partial charge < -0.3 is 49.2 Å². The summed E-state index contributed by atoms with van der Waals surface area (Å²) in [6.45, 7) is 2.65. The SMILES string of the molecule is COc1cc(O)c2c(c1)C(=O)c1cc3c(c(O)c1C2=O)C(OC1O[C@H](C)[C@@H](O)[C@H](O)[C@@H]1OC)C(OC)C(C)(O)C3=O. The number of phenolic OH excluding ortho intramolecular Hbond substituents is 2. The Labute approximate surface area is 233 Å². The average Bonchev–Trinajstić information content (AvgIpc) is 2.92. The van der Waals surface area contributed by atoms with Crippen molar-refractivity contribution in [3.05, 3.63) is 51.6 Å². The summed E-state index contributed by atoms with van der Waals surface area (Å²) in [5.41, 5.74) is -4.24. The molecule has 0 amide bonds. The fraction of sp³-hybridized carbons (Fsp3) is 0.464. The summed E-state index contributed by atoms with van der Waals surface area (Å²) in [6.07, 6.45) is -9.35. The summed E-state index contributed by atoms with van der Waals surface area (Å²) in [6, 6.07) is 3.48. The first kappa shape index (κ1) is 29.1. The minimum atomic E-state index is -2.25. The molecule has 0 spiro atoms. The number of phenols is 2. The lowest BCUT2D eigenvalue weighted by molar-refractivity contribution is -0.321. The molecular weight excluding hydrogens is 544 g/mol. The number of ketones is 3. The van der Waals surface area contributed by atoms with Crippen molar-refractivity contribution in [1.29, 1.82) is 0 Å². The van der Waals surface area contributed by atoms with Crippen LogP contribution in [0.25, 0.3) is 0 Å². The third-order valence-electron chi connectivity index (χ3n) is 8.02. The molecule has 0 aromatic heterocycles. The second-order valence-electron chi connectivity index (χ2n) is 10.4. The van der Waals surface area contributed by atoms with Gasteiger partial charge in [-0.25, -0.2) is 0 Å². The normalized spacial score (nSPS) is 32.8. The number of ether oxygens (including phenoxy) is 5. The lowest BCUT2D eigenvalue weighted by Gasteiger charge is -2.46. The standard InChI is InChI=1S/C28H30O13/c1-9-18(30)22(34)24(38-4)27(40-9)41-23-17-13(25(35)28(2,36)26(23)39-5)8-12-16(21(17)33)20(32)15-11(19(12)31)6-10(37-3)7-14(15)29/h6-9,18,22-24,26-27,29-30,33-34,36H,1-5H3/t9-,18-,22+,23?,24+,26?,27?,28?/m1/s1. The highest BCUT2D eigenvalue weighted by Crippen LogP contribution is 2.49. The number of aliphatic hydroxyl groups excluding tert-OH is 2. The minimum absolute atomic E-state index is 0.102. The number of methoxy groups -OCH3 is 3. The molecule has 13 heteroatoms. The van der Waals surface area contributed by atoms with Gasteiger partial charge in [-0.05, 0) is 26.0 Å². The number of carbonyl (C=O) groups excluding carboxylic acids is 3. The smallest absolute Gasteiger partial charge is 0.201 e. The monoisotopic (exact) mass is 574 g/mol. The van der Waals surface area contributed by atoms with Crippen LogP contribution in [0.1, 0.15) is 67.7 Å². The number of Topliss-reactive ketones (excluding diaryl/α,β-unsaturated/α-hetero) is 1. The number of hydrogen-bond acceptors (Lipinski definition) is 13. The molecule has 41 heavy (non-hydrogen) atoms. The zero-order valence-corrected chi connectivity index (χ0v) is 22.8. The van der Waals surface area contributed by atoms with Crippen molar-refractivity contribution >= 4 is 17.3 Å². The first-order chi connectivity index (χ1) is 19.3. The van der Waals surface area contributed by atoms with Gasteiger partial charge in [-0.15, -0.1) is 0 Å². The third-order valence-corrected chi connectivity index (χ3v) is 8.02. The molecule has 4 unspecified atom stereocenters. The predicted molar refractivity (Wildman–Crippen MR) is 136 cm³/mol. The fourth-order valence-electron chi connectivity index (χ4n) is 5.82. The molecule has 8 atom stereocenters. The van der Waals surface area contributed by atoms with Crippen LogP contribution >= 0.6 is 0 Å². The Kier molecular flexibility index (Phi) is 7.19. The van der Waals surface area contributed by atoms with Crippen molar-refractivity contribution in [2.75, 3.05) is 21.3 Å². The molecule has 2 aromatic carbocycles. The summed E-state index contributed by atoms with van der Waals surface area (Å²) in [7, 11) is 3.75. The van der Waals surface area contributed by atoms with Crippen LogP contribution in [0.3, 0.4) is 0 Å². The van der Waals surface area contributed by atoms with Gasteiger partial charge in [0.15, 0.2) is 23.5 Å². The second kappa shape index (κ2) is 10.1. The Morgan fingerprint density at radius 3 is 2.15 bits per heavy atom. The number of benzene rings is 2. The Hall–Kier alpha value is -3.43. The van der Waals surface area contributed by atoms with Gasteiger partial charge in [0, 0.05) is 42.5 Å². The zero-order valence-electron chi connectivity index (χ0n) is 22.8. The maximum absolute atomic E-state index is 13.6. The molecular formula is C28H30O13. The van der Waals surface area contributed by atoms with Crippen molar-refractivity contribution < 1.29 is 63.6 Å². The highest BCUT2D eigenvalue weighted by molar-refractivity contribution is 6.31. The molecule has 3 aliphatic rings. The number of carbonyl (C=O) groups is 3. The molecule has 13 nitrogen and oxygen atoms in total. The summed E-state index contributed by atoms with van der Waals surface area (Å²) >= 11 is 0. The predicted octanol–water partition coefficient (Wildman–Crippen LogP) is 0.383. The Morgan fingerprint density at radius 1 is 0.878 bits per heavy atom. The van der Waals surface area contributed by atoms with Crippen LogP contribution in [-0.2, 0) is 18.9 Å². The maximum Gasteiger partial charge on any atom is 0.201 e. The van der Waals surface area contributed by atoms with E-state index >= 15 is 0 Å². The molecule has 0 radical (unpaired) electrons. The van der Waals surface area contributed by atoms with E-state index in [1.54, 1.807) is 0 Å². The summed E-state index contributed by atoms with van der Waals surface area (Å²) in [5.74, 6) is -3.85. The van der Waals surface area contributed by atoms with E-state index in [0.29, 0.717) is 0 Å². The Balaban J connectivity index is 1.71. The van der Waals surface area contributed by atoms with Gasteiger partial charge in [-0.1, -0.05) is 0 Å². The van der Waals surface area contributed by atoms with Crippen LogP contribution in [0.2, 0.25) is 0 Å². The van der Waals surface area contributed by atoms with Gasteiger partial charge in [0.2, 0.25) is 5.78 Å². The van der Waals surface area contributed by atoms with Crippen molar-refractivity contribution in [3.63, 3.8) is 0 Å². The molecule has 2 aliphatic carbocycles. The van der Waals surface area contributed by atoms with Crippen LogP contribution in [-0.4, -0.2) is 107 Å². The van der Waals surface area contributed by atoms with Crippen molar-refractivity contribution in [2.45, 2.75) is 62.4 Å². The molecule has 1 saturated heterocycles. The lowest BCUT2D eigenvalue weighted by atomic mass is 9.72. The molecule has 0 bridgehead atoms. The first-order valence-corrected chi connectivity index (χ1v) is 12.7. The fourth-order valence-corrected chi connectivity index (χ4v) is 5.82. The van der Waals surface area contributed by atoms with E-state index in [-0.39, 0.29) is 33.6 Å². The van der Waals surface area contributed by atoms with E-state index in [4.69, 9.17) is 23.7 Å². The van der Waals surface area contributed by atoms with Gasteiger partial charge in [0.1, 0.15) is 47.8 Å². The van der Waals surface area contributed by atoms with E-state index in [1.165, 1.54) is 41.2 Å². The van der Waals surface area contributed by atoms with Gasteiger partial charge in [0.25, 0.3) is 0 Å². The van der Waals surface area contributed by atoms with E-state index in [2.05, 4.69) is 0 Å². The number of fused-ring (bicyclic) bond motifs is 3. The van der Waals surface area contributed by atoms with Crippen LogP contribution in [0.15, 0.2) is 18.2 Å². The van der Waals surface area contributed by atoms with Gasteiger partial charge >= 0.3 is 0 Å². The van der Waals surface area contributed by atoms with E-state index in [1.807, 2.05) is 0 Å². The van der Waals surface area contributed by atoms with Gasteiger partial charge in [-0.3, -0.25) is 14.4 Å². The maximum atomic E-state index is 13.6. The van der Waals surface area contributed by atoms with Crippen LogP contribution in [0.5, 0.6) is 17.2 Å². The second-order valence-corrected chi connectivity index (χ2v) is 10.4. The molecule has 1 fully saturated rings. The quantitative estimate of drug-likeness (QED) is 0.281. The Bertz CT molecular complexity index is 1450. The average molecular weight is 575 g/mol. The van der Waals surface area contributed by atoms with Crippen molar-refractivity contribution in [3.8, 4) is 17.2 Å². The number of aliphatic hydroxyl groups is 3. The molecule has 220 valence electrons.